The number of anilines is 1. The van der Waals surface area contributed by atoms with Crippen LogP contribution in [0, 0.1) is 0 Å². The molecular formula is C19H26N6OSn. The van der Waals surface area contributed by atoms with Gasteiger partial charge in [0.05, 0.1) is 0 Å². The summed E-state index contributed by atoms with van der Waals surface area (Å²) in [5.41, 5.74) is 2.89. The topological polar surface area (TPSA) is 69.0 Å². The van der Waals surface area contributed by atoms with Crippen molar-refractivity contribution < 1.29 is 4.74 Å². The predicted molar refractivity (Wildman–Crippen MR) is 110 cm³/mol. The molecule has 4 rings (SSSR count). The van der Waals surface area contributed by atoms with Crippen LogP contribution in [0.5, 0.6) is 0 Å². The second kappa shape index (κ2) is 7.35. The van der Waals surface area contributed by atoms with Crippen LogP contribution in [0.1, 0.15) is 6.92 Å². The Morgan fingerprint density at radius 2 is 1.74 bits per heavy atom. The van der Waals surface area contributed by atoms with E-state index in [0.717, 1.165) is 65.1 Å². The van der Waals surface area contributed by atoms with Crippen LogP contribution in [0.4, 0.5) is 5.82 Å². The van der Waals surface area contributed by atoms with Crippen LogP contribution in [0.3, 0.4) is 0 Å². The standard InChI is InChI=1S/C16H17N6O.3CH3.Sn/c1-2-22-14(12-3-5-17-6-4-12)20-13-15(18-11-19-16(13)22)21-7-9-23-10-8-21;;;;/h3-6H,2,7-10H2,1H3;3*1H3;. The molecule has 0 spiro atoms. The van der Waals surface area contributed by atoms with Crippen molar-refractivity contribution in [2.75, 3.05) is 31.2 Å². The molecule has 0 N–H and O–H groups in total. The molecule has 8 heteroatoms. The van der Waals surface area contributed by atoms with Crippen molar-refractivity contribution in [3.63, 3.8) is 0 Å². The van der Waals surface area contributed by atoms with E-state index in [2.05, 4.69) is 36.2 Å². The summed E-state index contributed by atoms with van der Waals surface area (Å²) in [6.07, 6.45) is 3.61. The van der Waals surface area contributed by atoms with Crippen molar-refractivity contribution in [1.82, 2.24) is 24.5 Å². The summed E-state index contributed by atoms with van der Waals surface area (Å²) in [7, 11) is 0. The number of hydrogen-bond donors (Lipinski definition) is 0. The van der Waals surface area contributed by atoms with Crippen molar-refractivity contribution >= 4 is 39.2 Å². The molecule has 0 aliphatic carbocycles. The van der Waals surface area contributed by atoms with Gasteiger partial charge in [-0.05, 0) is 0 Å². The average molecular weight is 473 g/mol. The van der Waals surface area contributed by atoms with Crippen LogP contribution in [0.15, 0.2) is 24.5 Å². The third-order valence-electron chi connectivity index (χ3n) is 4.81. The van der Waals surface area contributed by atoms with Gasteiger partial charge in [0.1, 0.15) is 0 Å². The van der Waals surface area contributed by atoms with Crippen LogP contribution in [0.2, 0.25) is 14.8 Å². The molecule has 7 nitrogen and oxygen atoms in total. The summed E-state index contributed by atoms with van der Waals surface area (Å²) in [5, 5.41) is 0. The van der Waals surface area contributed by atoms with Crippen LogP contribution < -0.4 is 8.74 Å². The molecule has 0 atom stereocenters. The maximum absolute atomic E-state index is 5.55. The van der Waals surface area contributed by atoms with E-state index in [1.807, 2.05) is 12.1 Å². The van der Waals surface area contributed by atoms with E-state index in [1.165, 1.54) is 0 Å². The molecule has 1 saturated heterocycles. The van der Waals surface area contributed by atoms with E-state index in [-0.39, 0.29) is 0 Å². The minimum atomic E-state index is -2.47. The molecular weight excluding hydrogens is 447 g/mol. The molecule has 0 amide bonds. The van der Waals surface area contributed by atoms with Crippen molar-refractivity contribution in [2.24, 2.45) is 0 Å². The molecule has 3 aromatic heterocycles. The Hall–Kier alpha value is -1.74. The minimum absolute atomic E-state index is 0.728. The SMILES string of the molecule is CCn1c(-c2ccncc2)nc2c(N3CCOCC3)n[c]([Sn]([CH3])([CH3])[CH3])nc21. The van der Waals surface area contributed by atoms with Gasteiger partial charge in [0, 0.05) is 0 Å². The first-order valence-electron chi connectivity index (χ1n) is 9.51. The number of aryl methyl sites for hydroxylation is 1. The van der Waals surface area contributed by atoms with Crippen molar-refractivity contribution in [1.29, 1.82) is 0 Å². The monoisotopic (exact) mass is 474 g/mol. The number of imidazole rings is 1. The molecule has 142 valence electrons. The summed E-state index contributed by atoms with van der Waals surface area (Å²) in [6, 6.07) is 4.00. The molecule has 0 unspecified atom stereocenters. The average Bonchev–Trinajstić information content (AvgIpc) is 3.06. The zero-order valence-electron chi connectivity index (χ0n) is 16.4. The summed E-state index contributed by atoms with van der Waals surface area (Å²) < 4.78 is 8.80. The van der Waals surface area contributed by atoms with Crippen LogP contribution in [-0.4, -0.2) is 69.2 Å². The van der Waals surface area contributed by atoms with E-state index in [0.29, 0.717) is 0 Å². The number of hydrogen-bond acceptors (Lipinski definition) is 6. The molecule has 4 heterocycles. The Kier molecular flexibility index (Phi) is 5.07. The normalized spacial score (nSPS) is 15.5. The first-order valence-corrected chi connectivity index (χ1v) is 19.5. The van der Waals surface area contributed by atoms with Gasteiger partial charge in [-0.1, -0.05) is 0 Å². The van der Waals surface area contributed by atoms with Gasteiger partial charge >= 0.3 is 164 Å². The summed E-state index contributed by atoms with van der Waals surface area (Å²) in [5.74, 6) is 1.90. The van der Waals surface area contributed by atoms with E-state index in [1.54, 1.807) is 12.4 Å². The van der Waals surface area contributed by atoms with Gasteiger partial charge in [-0.3, -0.25) is 0 Å². The summed E-state index contributed by atoms with van der Waals surface area (Å²) in [6.45, 7) is 6.09. The van der Waals surface area contributed by atoms with E-state index in [4.69, 9.17) is 19.7 Å². The molecule has 1 aliphatic heterocycles. The molecule has 1 aliphatic rings. The molecule has 27 heavy (non-hydrogen) atoms. The number of fused-ring (bicyclic) bond motifs is 1. The first kappa shape index (κ1) is 18.6. The zero-order chi connectivity index (χ0) is 19.0. The number of pyridine rings is 1. The maximum atomic E-state index is 5.55. The van der Waals surface area contributed by atoms with Gasteiger partial charge in [-0.2, -0.15) is 0 Å². The fraction of sp³-hybridized carbons (Fsp3) is 0.474. The third kappa shape index (κ3) is 3.54. The van der Waals surface area contributed by atoms with Crippen molar-refractivity contribution in [3.05, 3.63) is 24.5 Å². The Labute approximate surface area is 163 Å². The fourth-order valence-corrected chi connectivity index (χ4v) is 5.86. The Balaban J connectivity index is 1.98. The first-order chi connectivity index (χ1) is 13.0. The van der Waals surface area contributed by atoms with Crippen LogP contribution in [-0.2, 0) is 11.3 Å². The van der Waals surface area contributed by atoms with E-state index in [9.17, 15) is 0 Å². The second-order valence-corrected chi connectivity index (χ2v) is 21.9. The van der Waals surface area contributed by atoms with E-state index >= 15 is 0 Å². The summed E-state index contributed by atoms with van der Waals surface area (Å²) >= 11 is -2.47. The van der Waals surface area contributed by atoms with Gasteiger partial charge < -0.3 is 0 Å². The fourth-order valence-electron chi connectivity index (χ4n) is 3.34. The van der Waals surface area contributed by atoms with Crippen molar-refractivity contribution in [3.8, 4) is 11.4 Å². The third-order valence-corrected chi connectivity index (χ3v) is 9.28. The molecule has 0 bridgehead atoms. The van der Waals surface area contributed by atoms with Gasteiger partial charge in [-0.15, -0.1) is 0 Å². The summed E-state index contributed by atoms with van der Waals surface area (Å²) in [4.78, 5) is 28.6. The second-order valence-electron chi connectivity index (χ2n) is 7.81. The molecule has 0 radical (unpaired) electrons. The quantitative estimate of drug-likeness (QED) is 0.542. The van der Waals surface area contributed by atoms with Gasteiger partial charge in [0.15, 0.2) is 0 Å². The van der Waals surface area contributed by atoms with Gasteiger partial charge in [0.25, 0.3) is 0 Å². The number of aromatic nitrogens is 5. The van der Waals surface area contributed by atoms with Gasteiger partial charge in [-0.25, -0.2) is 0 Å². The molecule has 0 saturated carbocycles. The Morgan fingerprint density at radius 3 is 2.37 bits per heavy atom. The number of morpholine rings is 1. The number of rotatable bonds is 4. The molecule has 0 aromatic carbocycles. The molecule has 1 fully saturated rings. The molecule has 3 aromatic rings. The zero-order valence-corrected chi connectivity index (χ0v) is 19.3. The predicted octanol–water partition coefficient (Wildman–Crippen LogP) is 2.29. The van der Waals surface area contributed by atoms with Crippen LogP contribution in [0.25, 0.3) is 22.6 Å². The number of nitrogens with zero attached hydrogens (tertiary/aromatic N) is 6. The van der Waals surface area contributed by atoms with Crippen molar-refractivity contribution in [2.45, 2.75) is 28.3 Å². The Morgan fingerprint density at radius 1 is 1.04 bits per heavy atom. The van der Waals surface area contributed by atoms with Crippen LogP contribution >= 0.6 is 0 Å². The Bertz CT molecular complexity index is 944. The van der Waals surface area contributed by atoms with Gasteiger partial charge in [0.2, 0.25) is 0 Å². The number of ether oxygens (including phenoxy) is 1. The van der Waals surface area contributed by atoms with E-state index < -0.39 is 18.4 Å².